The lowest BCUT2D eigenvalue weighted by molar-refractivity contribution is 0.102. The smallest absolute Gasteiger partial charge is 0.255 e. The predicted molar refractivity (Wildman–Crippen MR) is 86.2 cm³/mol. The van der Waals surface area contributed by atoms with E-state index in [1.807, 2.05) is 12.1 Å². The van der Waals surface area contributed by atoms with Crippen molar-refractivity contribution in [1.82, 2.24) is 0 Å². The minimum absolute atomic E-state index is 0.116. The van der Waals surface area contributed by atoms with Gasteiger partial charge in [-0.1, -0.05) is 19.9 Å². The Balaban J connectivity index is 2.13. The van der Waals surface area contributed by atoms with Gasteiger partial charge in [0.2, 0.25) is 0 Å². The molecule has 21 heavy (non-hydrogen) atoms. The predicted octanol–water partition coefficient (Wildman–Crippen LogP) is 4.38. The van der Waals surface area contributed by atoms with Crippen molar-refractivity contribution in [3.8, 4) is 5.75 Å². The minimum Gasteiger partial charge on any atom is -0.497 e. The van der Waals surface area contributed by atoms with Crippen molar-refractivity contribution in [3.63, 3.8) is 0 Å². The molecule has 0 aliphatic rings. The summed E-state index contributed by atoms with van der Waals surface area (Å²) in [5.74, 6) is 1.11. The molecule has 3 nitrogen and oxygen atoms in total. The summed E-state index contributed by atoms with van der Waals surface area (Å²) in [5.41, 5.74) is 3.93. The molecule has 0 fully saturated rings. The van der Waals surface area contributed by atoms with E-state index in [9.17, 15) is 4.79 Å². The maximum atomic E-state index is 12.2. The number of methoxy groups -OCH3 is 1. The van der Waals surface area contributed by atoms with Crippen molar-refractivity contribution < 1.29 is 9.53 Å². The van der Waals surface area contributed by atoms with Gasteiger partial charge in [-0.05, 0) is 60.4 Å². The average molecular weight is 283 g/mol. The van der Waals surface area contributed by atoms with Crippen LogP contribution in [0.25, 0.3) is 0 Å². The summed E-state index contributed by atoms with van der Waals surface area (Å²) < 4.78 is 5.09. The Labute approximate surface area is 126 Å². The number of benzene rings is 2. The first kappa shape index (κ1) is 15.1. The molecular weight excluding hydrogens is 262 g/mol. The van der Waals surface area contributed by atoms with E-state index < -0.39 is 0 Å². The van der Waals surface area contributed by atoms with Crippen LogP contribution in [0.2, 0.25) is 0 Å². The molecule has 0 aromatic heterocycles. The molecule has 2 rings (SSSR count). The fraction of sp³-hybridized carbons (Fsp3) is 0.278. The number of anilines is 1. The lowest BCUT2D eigenvalue weighted by Crippen LogP contribution is -2.12. The van der Waals surface area contributed by atoms with E-state index in [1.54, 1.807) is 31.4 Å². The van der Waals surface area contributed by atoms with Gasteiger partial charge in [0.15, 0.2) is 0 Å². The van der Waals surface area contributed by atoms with Gasteiger partial charge in [-0.15, -0.1) is 0 Å². The van der Waals surface area contributed by atoms with Crippen LogP contribution in [0.15, 0.2) is 42.5 Å². The fourth-order valence-corrected chi connectivity index (χ4v) is 2.35. The second-order valence-corrected chi connectivity index (χ2v) is 5.41. The fourth-order valence-electron chi connectivity index (χ4n) is 2.35. The number of aryl methyl sites for hydroxylation is 1. The molecule has 0 radical (unpaired) electrons. The molecule has 0 aliphatic carbocycles. The Morgan fingerprint density at radius 1 is 1.10 bits per heavy atom. The van der Waals surface area contributed by atoms with Crippen molar-refractivity contribution in [2.75, 3.05) is 12.4 Å². The minimum atomic E-state index is -0.116. The summed E-state index contributed by atoms with van der Waals surface area (Å²) in [4.78, 5) is 12.2. The van der Waals surface area contributed by atoms with Crippen LogP contribution in [0.5, 0.6) is 5.75 Å². The average Bonchev–Trinajstić information content (AvgIpc) is 2.47. The maximum absolute atomic E-state index is 12.2. The zero-order chi connectivity index (χ0) is 15.4. The summed E-state index contributed by atoms with van der Waals surface area (Å²) >= 11 is 0. The first-order chi connectivity index (χ1) is 10.0. The number of ether oxygens (including phenoxy) is 1. The van der Waals surface area contributed by atoms with Crippen LogP contribution in [-0.2, 0) is 0 Å². The van der Waals surface area contributed by atoms with E-state index >= 15 is 0 Å². The molecule has 0 atom stereocenters. The summed E-state index contributed by atoms with van der Waals surface area (Å²) in [6, 6.07) is 13.1. The Kier molecular flexibility index (Phi) is 4.63. The first-order valence-electron chi connectivity index (χ1n) is 7.07. The molecule has 1 N–H and O–H groups in total. The number of nitrogens with one attached hydrogen (secondary N) is 1. The van der Waals surface area contributed by atoms with Crippen LogP contribution in [0.4, 0.5) is 5.69 Å². The Bertz CT molecular complexity index is 630. The summed E-state index contributed by atoms with van der Waals surface area (Å²) in [6.45, 7) is 6.40. The quantitative estimate of drug-likeness (QED) is 0.904. The highest BCUT2D eigenvalue weighted by atomic mass is 16.5. The van der Waals surface area contributed by atoms with Gasteiger partial charge in [0.1, 0.15) is 5.75 Å². The number of carbonyl (C=O) groups excluding carboxylic acids is 1. The van der Waals surface area contributed by atoms with Gasteiger partial charge in [-0.3, -0.25) is 4.79 Å². The Morgan fingerprint density at radius 2 is 1.76 bits per heavy atom. The SMILES string of the molecule is COc1ccc(C(=O)Nc2ccc(C(C)C)c(C)c2)cc1. The van der Waals surface area contributed by atoms with Gasteiger partial charge in [-0.25, -0.2) is 0 Å². The van der Waals surface area contributed by atoms with E-state index in [4.69, 9.17) is 4.74 Å². The third-order valence-electron chi connectivity index (χ3n) is 3.50. The number of rotatable bonds is 4. The molecule has 0 bridgehead atoms. The summed E-state index contributed by atoms with van der Waals surface area (Å²) in [6.07, 6.45) is 0. The number of amides is 1. The van der Waals surface area contributed by atoms with Crippen molar-refractivity contribution in [2.45, 2.75) is 26.7 Å². The van der Waals surface area contributed by atoms with E-state index in [0.29, 0.717) is 11.5 Å². The van der Waals surface area contributed by atoms with E-state index in [1.165, 1.54) is 11.1 Å². The first-order valence-corrected chi connectivity index (χ1v) is 7.07. The highest BCUT2D eigenvalue weighted by Gasteiger charge is 2.08. The van der Waals surface area contributed by atoms with Crippen molar-refractivity contribution in [2.24, 2.45) is 0 Å². The molecule has 0 heterocycles. The number of carbonyl (C=O) groups is 1. The molecule has 110 valence electrons. The lowest BCUT2D eigenvalue weighted by atomic mass is 9.97. The topological polar surface area (TPSA) is 38.3 Å². The second kappa shape index (κ2) is 6.44. The molecule has 0 saturated carbocycles. The van der Waals surface area contributed by atoms with Crippen molar-refractivity contribution >= 4 is 11.6 Å². The van der Waals surface area contributed by atoms with Crippen LogP contribution >= 0.6 is 0 Å². The third-order valence-corrected chi connectivity index (χ3v) is 3.50. The molecule has 0 aliphatic heterocycles. The number of hydrogen-bond acceptors (Lipinski definition) is 2. The standard InChI is InChI=1S/C18H21NO2/c1-12(2)17-10-7-15(11-13(17)3)19-18(20)14-5-8-16(21-4)9-6-14/h5-12H,1-4H3,(H,19,20). The van der Waals surface area contributed by atoms with Crippen LogP contribution in [0.3, 0.4) is 0 Å². The Morgan fingerprint density at radius 3 is 2.29 bits per heavy atom. The van der Waals surface area contributed by atoms with Gasteiger partial charge in [0, 0.05) is 11.3 Å². The lowest BCUT2D eigenvalue weighted by Gasteiger charge is -2.12. The van der Waals surface area contributed by atoms with Crippen LogP contribution < -0.4 is 10.1 Å². The van der Waals surface area contributed by atoms with Gasteiger partial charge in [-0.2, -0.15) is 0 Å². The van der Waals surface area contributed by atoms with E-state index in [-0.39, 0.29) is 5.91 Å². The summed E-state index contributed by atoms with van der Waals surface area (Å²) in [5, 5.41) is 2.92. The molecule has 2 aromatic carbocycles. The van der Waals surface area contributed by atoms with Gasteiger partial charge < -0.3 is 10.1 Å². The Hall–Kier alpha value is -2.29. The van der Waals surface area contributed by atoms with E-state index in [0.717, 1.165) is 11.4 Å². The van der Waals surface area contributed by atoms with Gasteiger partial charge in [0.25, 0.3) is 5.91 Å². The van der Waals surface area contributed by atoms with Crippen molar-refractivity contribution in [1.29, 1.82) is 0 Å². The van der Waals surface area contributed by atoms with Crippen LogP contribution in [0, 0.1) is 6.92 Å². The summed E-state index contributed by atoms with van der Waals surface area (Å²) in [7, 11) is 1.61. The van der Waals surface area contributed by atoms with Gasteiger partial charge in [0.05, 0.1) is 7.11 Å². The van der Waals surface area contributed by atoms with Crippen LogP contribution in [0.1, 0.15) is 41.3 Å². The molecule has 0 unspecified atom stereocenters. The second-order valence-electron chi connectivity index (χ2n) is 5.41. The zero-order valence-electron chi connectivity index (χ0n) is 12.9. The largest absolute Gasteiger partial charge is 0.497 e. The third kappa shape index (κ3) is 3.63. The normalized spacial score (nSPS) is 10.5. The maximum Gasteiger partial charge on any atom is 0.255 e. The highest BCUT2D eigenvalue weighted by molar-refractivity contribution is 6.04. The number of hydrogen-bond donors (Lipinski definition) is 1. The van der Waals surface area contributed by atoms with E-state index in [2.05, 4.69) is 32.2 Å². The monoisotopic (exact) mass is 283 g/mol. The molecular formula is C18H21NO2. The van der Waals surface area contributed by atoms with Crippen molar-refractivity contribution in [3.05, 3.63) is 59.2 Å². The molecule has 2 aromatic rings. The van der Waals surface area contributed by atoms with Crippen LogP contribution in [-0.4, -0.2) is 13.0 Å². The molecule has 1 amide bonds. The molecule has 0 saturated heterocycles. The molecule has 0 spiro atoms. The van der Waals surface area contributed by atoms with Gasteiger partial charge >= 0.3 is 0 Å². The molecule has 3 heteroatoms. The zero-order valence-corrected chi connectivity index (χ0v) is 12.9. The highest BCUT2D eigenvalue weighted by Crippen LogP contribution is 2.22.